The highest BCUT2D eigenvalue weighted by atomic mass is 19.1. The van der Waals surface area contributed by atoms with Crippen LogP contribution in [0.3, 0.4) is 0 Å². The molecule has 0 saturated carbocycles. The van der Waals surface area contributed by atoms with Crippen LogP contribution in [-0.4, -0.2) is 47.0 Å². The van der Waals surface area contributed by atoms with E-state index < -0.39 is 0 Å². The molecule has 0 spiro atoms. The minimum Gasteiger partial charge on any atom is -0.353 e. The van der Waals surface area contributed by atoms with Crippen LogP contribution in [0.15, 0.2) is 24.3 Å². The SMILES string of the molecule is CCCCC(CC)C(=O)N1CCN(c2nc(C)nc(C)c2Cc2cccc(F)c2)CC1. The van der Waals surface area contributed by atoms with Crippen LogP contribution < -0.4 is 4.90 Å². The number of hydrogen-bond donors (Lipinski definition) is 0. The maximum Gasteiger partial charge on any atom is 0.225 e. The summed E-state index contributed by atoms with van der Waals surface area (Å²) in [5, 5.41) is 0. The molecular weight excluding hydrogens is 391 g/mol. The molecule has 5 nitrogen and oxygen atoms in total. The minimum absolute atomic E-state index is 0.138. The number of benzene rings is 1. The maximum absolute atomic E-state index is 13.7. The summed E-state index contributed by atoms with van der Waals surface area (Å²) < 4.78 is 13.7. The van der Waals surface area contributed by atoms with Gasteiger partial charge in [-0.25, -0.2) is 14.4 Å². The number of carbonyl (C=O) groups excluding carboxylic acids is 1. The van der Waals surface area contributed by atoms with E-state index in [1.54, 1.807) is 12.1 Å². The molecular formula is C25H35FN4O. The molecule has 31 heavy (non-hydrogen) atoms. The zero-order chi connectivity index (χ0) is 22.4. The van der Waals surface area contributed by atoms with Crippen molar-refractivity contribution in [1.82, 2.24) is 14.9 Å². The van der Waals surface area contributed by atoms with Gasteiger partial charge in [0, 0.05) is 49.8 Å². The second-order valence-corrected chi connectivity index (χ2v) is 8.52. The molecule has 3 rings (SSSR count). The van der Waals surface area contributed by atoms with Crippen molar-refractivity contribution in [2.24, 2.45) is 5.92 Å². The van der Waals surface area contributed by atoms with E-state index >= 15 is 0 Å². The van der Waals surface area contributed by atoms with Gasteiger partial charge < -0.3 is 9.80 Å². The number of nitrogens with zero attached hydrogens (tertiary/aromatic N) is 4. The highest BCUT2D eigenvalue weighted by Gasteiger charge is 2.28. The van der Waals surface area contributed by atoms with E-state index in [-0.39, 0.29) is 11.7 Å². The van der Waals surface area contributed by atoms with Crippen molar-refractivity contribution in [3.05, 3.63) is 52.7 Å². The van der Waals surface area contributed by atoms with Gasteiger partial charge in [0.15, 0.2) is 0 Å². The normalized spacial score (nSPS) is 15.3. The topological polar surface area (TPSA) is 49.3 Å². The second kappa shape index (κ2) is 10.7. The van der Waals surface area contributed by atoms with Crippen LogP contribution in [0.4, 0.5) is 10.2 Å². The highest BCUT2D eigenvalue weighted by molar-refractivity contribution is 5.79. The van der Waals surface area contributed by atoms with Crippen LogP contribution in [0.5, 0.6) is 0 Å². The summed E-state index contributed by atoms with van der Waals surface area (Å²) in [6.45, 7) is 11.1. The fraction of sp³-hybridized carbons (Fsp3) is 0.560. The van der Waals surface area contributed by atoms with Crippen molar-refractivity contribution < 1.29 is 9.18 Å². The number of carbonyl (C=O) groups is 1. The molecule has 0 aliphatic carbocycles. The molecule has 0 N–H and O–H groups in total. The van der Waals surface area contributed by atoms with Crippen molar-refractivity contribution in [2.45, 2.75) is 59.8 Å². The van der Waals surface area contributed by atoms with Gasteiger partial charge >= 0.3 is 0 Å². The first kappa shape index (κ1) is 23.2. The maximum atomic E-state index is 13.7. The van der Waals surface area contributed by atoms with E-state index in [2.05, 4.69) is 23.7 Å². The van der Waals surface area contributed by atoms with Gasteiger partial charge in [-0.05, 0) is 44.4 Å². The lowest BCUT2D eigenvalue weighted by Gasteiger charge is -2.38. The van der Waals surface area contributed by atoms with E-state index in [4.69, 9.17) is 4.98 Å². The Morgan fingerprint density at radius 2 is 1.87 bits per heavy atom. The molecule has 0 bridgehead atoms. The lowest BCUT2D eigenvalue weighted by atomic mass is 9.97. The van der Waals surface area contributed by atoms with Crippen LogP contribution in [-0.2, 0) is 11.2 Å². The molecule has 1 fully saturated rings. The van der Waals surface area contributed by atoms with Gasteiger partial charge in [-0.15, -0.1) is 0 Å². The standard InChI is InChI=1S/C25H35FN4O/c1-5-7-10-21(6-2)25(31)30-14-12-29(13-15-30)24-23(18(3)27-19(4)28-24)17-20-9-8-11-22(26)16-20/h8-9,11,16,21H,5-7,10,12-15,17H2,1-4H3. The summed E-state index contributed by atoms with van der Waals surface area (Å²) in [6, 6.07) is 6.70. The smallest absolute Gasteiger partial charge is 0.225 e. The quantitative estimate of drug-likeness (QED) is 0.615. The van der Waals surface area contributed by atoms with E-state index in [0.717, 1.165) is 67.2 Å². The Morgan fingerprint density at radius 1 is 1.13 bits per heavy atom. The molecule has 1 unspecified atom stereocenters. The van der Waals surface area contributed by atoms with Crippen LogP contribution in [0.2, 0.25) is 0 Å². The molecule has 1 aromatic carbocycles. The molecule has 1 amide bonds. The van der Waals surface area contributed by atoms with Gasteiger partial charge in [0.2, 0.25) is 5.91 Å². The third-order valence-corrected chi connectivity index (χ3v) is 6.21. The van der Waals surface area contributed by atoms with Crippen LogP contribution in [0.25, 0.3) is 0 Å². The number of halogens is 1. The lowest BCUT2D eigenvalue weighted by Crippen LogP contribution is -2.51. The summed E-state index contributed by atoms with van der Waals surface area (Å²) in [4.78, 5) is 26.6. The Kier molecular flexibility index (Phi) is 7.99. The largest absolute Gasteiger partial charge is 0.353 e. The molecule has 1 aliphatic rings. The Bertz CT molecular complexity index is 893. The van der Waals surface area contributed by atoms with Crippen LogP contribution in [0.1, 0.15) is 62.2 Å². The molecule has 1 aromatic heterocycles. The molecule has 0 radical (unpaired) electrons. The average Bonchev–Trinajstić information content (AvgIpc) is 2.76. The fourth-order valence-corrected chi connectivity index (χ4v) is 4.39. The fourth-order valence-electron chi connectivity index (χ4n) is 4.39. The summed E-state index contributed by atoms with van der Waals surface area (Å²) in [5.41, 5.74) is 2.87. The highest BCUT2D eigenvalue weighted by Crippen LogP contribution is 2.26. The minimum atomic E-state index is -0.231. The number of aromatic nitrogens is 2. The summed E-state index contributed by atoms with van der Waals surface area (Å²) in [7, 11) is 0. The van der Waals surface area contributed by atoms with Crippen molar-refractivity contribution in [1.29, 1.82) is 0 Å². The zero-order valence-electron chi connectivity index (χ0n) is 19.3. The van der Waals surface area contributed by atoms with E-state index in [0.29, 0.717) is 25.4 Å². The predicted octanol–water partition coefficient (Wildman–Crippen LogP) is 4.69. The number of piperazine rings is 1. The third kappa shape index (κ3) is 5.81. The monoisotopic (exact) mass is 426 g/mol. The number of unbranched alkanes of at least 4 members (excludes halogenated alkanes) is 1. The molecule has 1 atom stereocenters. The van der Waals surface area contributed by atoms with Crippen molar-refractivity contribution in [2.75, 3.05) is 31.1 Å². The van der Waals surface area contributed by atoms with Crippen molar-refractivity contribution in [3.63, 3.8) is 0 Å². The summed E-state index contributed by atoms with van der Waals surface area (Å²) in [5.74, 6) is 1.86. The molecule has 168 valence electrons. The number of amides is 1. The molecule has 6 heteroatoms. The number of aryl methyl sites for hydroxylation is 2. The molecule has 1 aliphatic heterocycles. The van der Waals surface area contributed by atoms with Gasteiger partial charge in [-0.3, -0.25) is 4.79 Å². The Morgan fingerprint density at radius 3 is 2.52 bits per heavy atom. The van der Waals surface area contributed by atoms with Gasteiger partial charge in [-0.2, -0.15) is 0 Å². The summed E-state index contributed by atoms with van der Waals surface area (Å²) >= 11 is 0. The zero-order valence-corrected chi connectivity index (χ0v) is 19.3. The van der Waals surface area contributed by atoms with Crippen molar-refractivity contribution >= 4 is 11.7 Å². The average molecular weight is 427 g/mol. The van der Waals surface area contributed by atoms with E-state index in [9.17, 15) is 9.18 Å². The predicted molar refractivity (Wildman–Crippen MR) is 123 cm³/mol. The summed E-state index contributed by atoms with van der Waals surface area (Å²) in [6.07, 6.45) is 4.70. The second-order valence-electron chi connectivity index (χ2n) is 8.52. The number of rotatable bonds is 8. The van der Waals surface area contributed by atoms with Crippen molar-refractivity contribution in [3.8, 4) is 0 Å². The third-order valence-electron chi connectivity index (χ3n) is 6.21. The van der Waals surface area contributed by atoms with Crippen LogP contribution in [0, 0.1) is 25.6 Å². The van der Waals surface area contributed by atoms with Gasteiger partial charge in [0.05, 0.1) is 0 Å². The number of anilines is 1. The first-order chi connectivity index (χ1) is 14.9. The Labute approximate surface area is 185 Å². The molecule has 1 saturated heterocycles. The van der Waals surface area contributed by atoms with Gasteiger partial charge in [0.1, 0.15) is 17.5 Å². The Balaban J connectivity index is 1.74. The lowest BCUT2D eigenvalue weighted by molar-refractivity contribution is -0.136. The van der Waals surface area contributed by atoms with Gasteiger partial charge in [-0.1, -0.05) is 38.8 Å². The van der Waals surface area contributed by atoms with Gasteiger partial charge in [0.25, 0.3) is 0 Å². The first-order valence-corrected chi connectivity index (χ1v) is 11.5. The van der Waals surface area contributed by atoms with E-state index in [1.807, 2.05) is 24.8 Å². The molecule has 2 aromatic rings. The Hall–Kier alpha value is -2.50. The van der Waals surface area contributed by atoms with Crippen LogP contribution >= 0.6 is 0 Å². The number of hydrogen-bond acceptors (Lipinski definition) is 4. The van der Waals surface area contributed by atoms with E-state index in [1.165, 1.54) is 6.07 Å². The molecule has 2 heterocycles. The first-order valence-electron chi connectivity index (χ1n) is 11.5.